The van der Waals surface area contributed by atoms with Crippen molar-refractivity contribution < 1.29 is 80.2 Å². The number of hydrogen-bond acceptors (Lipinski definition) is 15. The van der Waals surface area contributed by atoms with E-state index in [0.717, 1.165) is 114 Å². The van der Waals surface area contributed by atoms with Crippen molar-refractivity contribution in [3.63, 3.8) is 0 Å². The highest BCUT2D eigenvalue weighted by molar-refractivity contribution is 7.47. The Hall–Kier alpha value is -1.94. The maximum absolute atomic E-state index is 13.1. The van der Waals surface area contributed by atoms with Gasteiger partial charge in [-0.15, -0.1) is 0 Å². The molecule has 3 N–H and O–H groups in total. The van der Waals surface area contributed by atoms with Crippen LogP contribution >= 0.6 is 15.6 Å². The van der Waals surface area contributed by atoms with E-state index in [2.05, 4.69) is 55.4 Å². The van der Waals surface area contributed by atoms with Crippen LogP contribution in [0.25, 0.3) is 0 Å². The lowest BCUT2D eigenvalue weighted by atomic mass is 10.0. The summed E-state index contributed by atoms with van der Waals surface area (Å²) in [5, 5.41) is 10.6. The van der Waals surface area contributed by atoms with E-state index in [1.807, 2.05) is 0 Å². The third-order valence-corrected chi connectivity index (χ3v) is 20.7. The van der Waals surface area contributed by atoms with E-state index in [1.165, 1.54) is 218 Å². The second-order valence-corrected chi connectivity index (χ2v) is 34.0. The summed E-state index contributed by atoms with van der Waals surface area (Å²) < 4.78 is 68.7. The van der Waals surface area contributed by atoms with Crippen molar-refractivity contribution in [3.05, 3.63) is 0 Å². The number of aliphatic hydroxyl groups excluding tert-OH is 1. The molecule has 594 valence electrons. The maximum atomic E-state index is 13.1. The van der Waals surface area contributed by atoms with Gasteiger partial charge in [-0.05, 0) is 49.4 Å². The zero-order valence-corrected chi connectivity index (χ0v) is 67.6. The molecule has 0 spiro atoms. The van der Waals surface area contributed by atoms with Crippen molar-refractivity contribution in [2.24, 2.45) is 23.7 Å². The molecule has 0 radical (unpaired) electrons. The summed E-state index contributed by atoms with van der Waals surface area (Å²) in [6.07, 6.45) is 56.9. The Morgan fingerprint density at radius 3 is 0.620 bits per heavy atom. The third kappa shape index (κ3) is 74.3. The van der Waals surface area contributed by atoms with Crippen LogP contribution in [0.2, 0.25) is 0 Å². The summed E-state index contributed by atoms with van der Waals surface area (Å²) in [7, 11) is -9.92. The average molecular weight is 1470 g/mol. The molecule has 0 bridgehead atoms. The smallest absolute Gasteiger partial charge is 0.462 e. The number of phosphoric ester groups is 2. The molecule has 0 aliphatic heterocycles. The standard InChI is InChI=1S/C81H158O17P2/c1-71(2)57-49-41-33-25-19-15-11-9-10-12-18-22-30-39-47-55-63-80(85)97-76(67-91-78(83)61-53-45-37-29-21-17-14-13-16-20-26-34-42-50-58-72(3)4)69-95-99(87,88)93-65-75(82)66-94-100(89,90)96-70-77(98-81(86)64-56-48-40-32-24-28-36-44-52-60-74(7)8)68-92-79(84)62-54-46-38-31-23-27-35-43-51-59-73(5)6/h71-77,82H,9-70H2,1-8H3,(H,87,88)(H,89,90)/t75-,76-,77-/m1/s1. The molecule has 2 unspecified atom stereocenters. The van der Waals surface area contributed by atoms with Gasteiger partial charge in [0.2, 0.25) is 0 Å². The lowest BCUT2D eigenvalue weighted by Gasteiger charge is -2.21. The topological polar surface area (TPSA) is 237 Å². The van der Waals surface area contributed by atoms with Crippen molar-refractivity contribution in [1.82, 2.24) is 0 Å². The minimum absolute atomic E-state index is 0.105. The van der Waals surface area contributed by atoms with E-state index in [-0.39, 0.29) is 25.7 Å². The van der Waals surface area contributed by atoms with Gasteiger partial charge in [-0.25, -0.2) is 9.13 Å². The molecule has 0 aromatic carbocycles. The van der Waals surface area contributed by atoms with Gasteiger partial charge in [0.15, 0.2) is 12.2 Å². The Morgan fingerprint density at radius 1 is 0.250 bits per heavy atom. The van der Waals surface area contributed by atoms with Gasteiger partial charge in [-0.2, -0.15) is 0 Å². The first-order chi connectivity index (χ1) is 48.1. The van der Waals surface area contributed by atoms with Crippen LogP contribution in [0.4, 0.5) is 0 Å². The molecule has 0 aromatic rings. The predicted molar refractivity (Wildman–Crippen MR) is 409 cm³/mol. The molecule has 0 fully saturated rings. The van der Waals surface area contributed by atoms with Gasteiger partial charge >= 0.3 is 39.5 Å². The highest BCUT2D eigenvalue weighted by Crippen LogP contribution is 2.45. The Kier molecular flexibility index (Phi) is 68.7. The Morgan fingerprint density at radius 2 is 0.420 bits per heavy atom. The van der Waals surface area contributed by atoms with Gasteiger partial charge in [-0.3, -0.25) is 37.3 Å². The van der Waals surface area contributed by atoms with Gasteiger partial charge < -0.3 is 33.8 Å². The van der Waals surface area contributed by atoms with E-state index < -0.39 is 97.5 Å². The maximum Gasteiger partial charge on any atom is 0.472 e. The van der Waals surface area contributed by atoms with Gasteiger partial charge in [-0.1, -0.05) is 364 Å². The molecule has 17 nitrogen and oxygen atoms in total. The number of esters is 4. The molecule has 0 aromatic heterocycles. The van der Waals surface area contributed by atoms with E-state index in [9.17, 15) is 43.2 Å². The number of aliphatic hydroxyl groups is 1. The fourth-order valence-electron chi connectivity index (χ4n) is 12.4. The van der Waals surface area contributed by atoms with Crippen LogP contribution in [0.15, 0.2) is 0 Å². The SMILES string of the molecule is CC(C)CCCCCCCCCCCCCCCCCCC(=O)O[C@H](COC(=O)CCCCCCCCCCCCCCCCC(C)C)COP(=O)(O)OC[C@@H](O)COP(=O)(O)OC[C@@H](COC(=O)CCCCCCCCCCCC(C)C)OC(=O)CCCCCCCCCCCC(C)C. The zero-order valence-electron chi connectivity index (χ0n) is 65.8. The number of carbonyl (C=O) groups is 4. The monoisotopic (exact) mass is 1470 g/mol. The van der Waals surface area contributed by atoms with Crippen LogP contribution < -0.4 is 0 Å². The summed E-state index contributed by atoms with van der Waals surface area (Å²) in [5.74, 6) is 0.975. The van der Waals surface area contributed by atoms with E-state index in [4.69, 9.17) is 37.0 Å². The normalized spacial score (nSPS) is 14.0. The molecule has 0 saturated carbocycles. The number of rotatable bonds is 78. The minimum Gasteiger partial charge on any atom is -0.462 e. The van der Waals surface area contributed by atoms with Crippen LogP contribution in [0, 0.1) is 23.7 Å². The fourth-order valence-corrected chi connectivity index (χ4v) is 14.0. The van der Waals surface area contributed by atoms with Gasteiger partial charge in [0.1, 0.15) is 19.3 Å². The Bertz CT molecular complexity index is 1950. The molecule has 5 atom stereocenters. The summed E-state index contributed by atoms with van der Waals surface area (Å²) in [6, 6.07) is 0. The van der Waals surface area contributed by atoms with Crippen LogP contribution in [-0.4, -0.2) is 96.7 Å². The first-order valence-corrected chi connectivity index (χ1v) is 44.7. The predicted octanol–water partition coefficient (Wildman–Crippen LogP) is 24.0. The lowest BCUT2D eigenvalue weighted by Crippen LogP contribution is -2.30. The second kappa shape index (κ2) is 70.1. The van der Waals surface area contributed by atoms with Crippen molar-refractivity contribution in [3.8, 4) is 0 Å². The quantitative estimate of drug-likeness (QED) is 0.0222. The second-order valence-electron chi connectivity index (χ2n) is 31.1. The van der Waals surface area contributed by atoms with Gasteiger partial charge in [0, 0.05) is 25.7 Å². The largest absolute Gasteiger partial charge is 0.472 e. The number of hydrogen-bond donors (Lipinski definition) is 3. The molecule has 100 heavy (non-hydrogen) atoms. The van der Waals surface area contributed by atoms with Gasteiger partial charge in [0.05, 0.1) is 26.4 Å². The number of carbonyl (C=O) groups excluding carboxylic acids is 4. The number of unbranched alkanes of at least 4 members (excludes halogenated alkanes) is 44. The molecule has 19 heteroatoms. The molecule has 0 rings (SSSR count). The van der Waals surface area contributed by atoms with Crippen LogP contribution in [-0.2, 0) is 65.4 Å². The summed E-state index contributed by atoms with van der Waals surface area (Å²) in [6.45, 7) is 14.3. The van der Waals surface area contributed by atoms with Crippen LogP contribution in [0.1, 0.15) is 415 Å². The highest BCUT2D eigenvalue weighted by Gasteiger charge is 2.30. The van der Waals surface area contributed by atoms with Crippen molar-refractivity contribution in [2.75, 3.05) is 39.6 Å². The van der Waals surface area contributed by atoms with Crippen molar-refractivity contribution >= 4 is 39.5 Å². The lowest BCUT2D eigenvalue weighted by molar-refractivity contribution is -0.161. The Labute approximate surface area is 613 Å². The molecule has 0 heterocycles. The van der Waals surface area contributed by atoms with E-state index in [1.54, 1.807) is 0 Å². The fraction of sp³-hybridized carbons (Fsp3) is 0.951. The number of phosphoric acid groups is 2. The van der Waals surface area contributed by atoms with Gasteiger partial charge in [0.25, 0.3) is 0 Å². The van der Waals surface area contributed by atoms with E-state index in [0.29, 0.717) is 25.7 Å². The van der Waals surface area contributed by atoms with E-state index >= 15 is 0 Å². The molecule has 0 aliphatic carbocycles. The molecule has 0 aliphatic rings. The van der Waals surface area contributed by atoms with Crippen molar-refractivity contribution in [1.29, 1.82) is 0 Å². The van der Waals surface area contributed by atoms with Crippen LogP contribution in [0.3, 0.4) is 0 Å². The molecular formula is C81H158O17P2. The minimum atomic E-state index is -4.96. The summed E-state index contributed by atoms with van der Waals surface area (Å²) >= 11 is 0. The third-order valence-electron chi connectivity index (χ3n) is 18.8. The molecule has 0 saturated heterocycles. The first-order valence-electron chi connectivity index (χ1n) is 41.7. The highest BCUT2D eigenvalue weighted by atomic mass is 31.2. The number of ether oxygens (including phenoxy) is 4. The zero-order chi connectivity index (χ0) is 73.8. The Balaban J connectivity index is 5.25. The molecule has 0 amide bonds. The summed E-state index contributed by atoms with van der Waals surface area (Å²) in [5.41, 5.74) is 0. The first kappa shape index (κ1) is 98.1. The average Bonchev–Trinajstić information content (AvgIpc) is 0.917. The summed E-state index contributed by atoms with van der Waals surface area (Å²) in [4.78, 5) is 73.0. The van der Waals surface area contributed by atoms with Crippen LogP contribution in [0.5, 0.6) is 0 Å². The molecular weight excluding hydrogens is 1310 g/mol. The van der Waals surface area contributed by atoms with Crippen molar-refractivity contribution in [2.45, 2.75) is 433 Å².